The van der Waals surface area contributed by atoms with Gasteiger partial charge in [-0.2, -0.15) is 0 Å². The Balaban J connectivity index is 1.44. The number of anilines is 1. The molecule has 2 heterocycles. The third-order valence-electron chi connectivity index (χ3n) is 6.29. The first kappa shape index (κ1) is 20.2. The van der Waals surface area contributed by atoms with Crippen molar-refractivity contribution in [1.82, 2.24) is 4.90 Å². The first-order chi connectivity index (χ1) is 13.9. The van der Waals surface area contributed by atoms with Crippen molar-refractivity contribution >= 4 is 39.9 Å². The number of amides is 2. The summed E-state index contributed by atoms with van der Waals surface area (Å²) >= 11 is 7.34. The van der Waals surface area contributed by atoms with Gasteiger partial charge in [0.1, 0.15) is 4.88 Å². The molecule has 6 nitrogen and oxygen atoms in total. The van der Waals surface area contributed by atoms with Crippen molar-refractivity contribution in [2.45, 2.75) is 37.1 Å². The first-order valence-corrected chi connectivity index (χ1v) is 11.0. The Labute approximate surface area is 178 Å². The quantitative estimate of drug-likeness (QED) is 0.740. The summed E-state index contributed by atoms with van der Waals surface area (Å²) < 4.78 is 0. The van der Waals surface area contributed by atoms with E-state index in [1.165, 1.54) is 5.56 Å². The number of hydrogen-bond donors (Lipinski definition) is 2. The van der Waals surface area contributed by atoms with Crippen LogP contribution in [0, 0.1) is 0 Å². The fraction of sp³-hybridized carbons (Fsp3) is 0.429. The highest BCUT2D eigenvalue weighted by Crippen LogP contribution is 2.42. The minimum Gasteiger partial charge on any atom is -0.477 e. The fourth-order valence-electron chi connectivity index (χ4n) is 4.58. The largest absolute Gasteiger partial charge is 0.477 e. The van der Waals surface area contributed by atoms with Crippen molar-refractivity contribution in [2.24, 2.45) is 5.73 Å². The zero-order valence-electron chi connectivity index (χ0n) is 16.0. The van der Waals surface area contributed by atoms with E-state index >= 15 is 0 Å². The molecule has 8 heteroatoms. The Morgan fingerprint density at radius 1 is 1.24 bits per heavy atom. The molecule has 2 fully saturated rings. The van der Waals surface area contributed by atoms with Gasteiger partial charge >= 0.3 is 12.0 Å². The van der Waals surface area contributed by atoms with Crippen molar-refractivity contribution in [3.8, 4) is 0 Å². The van der Waals surface area contributed by atoms with Gasteiger partial charge in [0, 0.05) is 36.1 Å². The molecule has 3 N–H and O–H groups in total. The summed E-state index contributed by atoms with van der Waals surface area (Å²) in [4.78, 5) is 28.0. The highest BCUT2D eigenvalue weighted by atomic mass is 35.5. The van der Waals surface area contributed by atoms with Crippen molar-refractivity contribution in [3.63, 3.8) is 0 Å². The Hall–Kier alpha value is -2.09. The number of rotatable bonds is 5. The molecule has 0 atom stereocenters. The van der Waals surface area contributed by atoms with Crippen LogP contribution in [0.15, 0.2) is 36.4 Å². The predicted octanol–water partition coefficient (Wildman–Crippen LogP) is 4.18. The lowest BCUT2D eigenvalue weighted by Crippen LogP contribution is -2.46. The molecule has 2 aromatic rings. The molecule has 1 aromatic carbocycles. The SMILES string of the molecule is NCC1(c2cccc(Cl)c2)CCC(N2CCN(c3ccc(C(=O)O)s3)C2=O)CC1. The lowest BCUT2D eigenvalue weighted by molar-refractivity contribution is 0.0702. The average Bonchev–Trinajstić information content (AvgIpc) is 3.35. The van der Waals surface area contributed by atoms with E-state index in [0.29, 0.717) is 24.6 Å². The predicted molar refractivity (Wildman–Crippen MR) is 115 cm³/mol. The number of hydrogen-bond acceptors (Lipinski definition) is 4. The molecular weight excluding hydrogens is 410 g/mol. The van der Waals surface area contributed by atoms with Crippen LogP contribution in [0.3, 0.4) is 0 Å². The highest BCUT2D eigenvalue weighted by Gasteiger charge is 2.41. The van der Waals surface area contributed by atoms with Gasteiger partial charge in [-0.05, 0) is 55.5 Å². The zero-order chi connectivity index (χ0) is 20.6. The molecule has 2 amide bonds. The number of carbonyl (C=O) groups is 2. The molecule has 2 aliphatic rings. The van der Waals surface area contributed by atoms with Crippen molar-refractivity contribution in [2.75, 3.05) is 24.5 Å². The van der Waals surface area contributed by atoms with Crippen LogP contribution in [0.2, 0.25) is 5.02 Å². The average molecular weight is 434 g/mol. The third kappa shape index (κ3) is 3.74. The van der Waals surface area contributed by atoms with E-state index < -0.39 is 5.97 Å². The summed E-state index contributed by atoms with van der Waals surface area (Å²) in [6, 6.07) is 11.4. The number of carbonyl (C=O) groups excluding carboxylic acids is 1. The minimum atomic E-state index is -0.962. The molecule has 29 heavy (non-hydrogen) atoms. The van der Waals surface area contributed by atoms with Crippen LogP contribution < -0.4 is 10.6 Å². The zero-order valence-corrected chi connectivity index (χ0v) is 17.6. The molecule has 0 bridgehead atoms. The maximum Gasteiger partial charge on any atom is 0.345 e. The first-order valence-electron chi connectivity index (χ1n) is 9.81. The van der Waals surface area contributed by atoms with Crippen LogP contribution in [0.5, 0.6) is 0 Å². The fourth-order valence-corrected chi connectivity index (χ4v) is 5.64. The van der Waals surface area contributed by atoms with Crippen LogP contribution in [-0.4, -0.2) is 47.7 Å². The lowest BCUT2D eigenvalue weighted by atomic mass is 9.68. The van der Waals surface area contributed by atoms with E-state index in [1.807, 2.05) is 23.1 Å². The Morgan fingerprint density at radius 3 is 2.62 bits per heavy atom. The summed E-state index contributed by atoms with van der Waals surface area (Å²) in [5.41, 5.74) is 7.28. The molecule has 0 radical (unpaired) electrons. The second-order valence-corrected chi connectivity index (χ2v) is 9.30. The number of benzene rings is 1. The number of aromatic carboxylic acids is 1. The van der Waals surface area contributed by atoms with Gasteiger partial charge < -0.3 is 15.7 Å². The van der Waals surface area contributed by atoms with Gasteiger partial charge in [-0.3, -0.25) is 4.90 Å². The van der Waals surface area contributed by atoms with Gasteiger partial charge in [0.15, 0.2) is 0 Å². The molecule has 0 spiro atoms. The van der Waals surface area contributed by atoms with Crippen LogP contribution in [0.1, 0.15) is 40.9 Å². The molecule has 154 valence electrons. The lowest BCUT2D eigenvalue weighted by Gasteiger charge is -2.42. The van der Waals surface area contributed by atoms with Gasteiger partial charge in [-0.1, -0.05) is 23.7 Å². The van der Waals surface area contributed by atoms with E-state index in [4.69, 9.17) is 22.4 Å². The van der Waals surface area contributed by atoms with E-state index in [1.54, 1.807) is 17.0 Å². The van der Waals surface area contributed by atoms with E-state index in [9.17, 15) is 9.59 Å². The molecule has 1 aromatic heterocycles. The maximum atomic E-state index is 13.0. The Kier molecular flexibility index (Phi) is 5.55. The summed E-state index contributed by atoms with van der Waals surface area (Å²) in [6.07, 6.45) is 3.63. The molecule has 1 aliphatic heterocycles. The van der Waals surface area contributed by atoms with Crippen molar-refractivity contribution < 1.29 is 14.7 Å². The van der Waals surface area contributed by atoms with Gasteiger partial charge in [0.05, 0.1) is 5.00 Å². The Bertz CT molecular complexity index is 923. The highest BCUT2D eigenvalue weighted by molar-refractivity contribution is 7.18. The van der Waals surface area contributed by atoms with E-state index in [-0.39, 0.29) is 22.4 Å². The van der Waals surface area contributed by atoms with E-state index in [2.05, 4.69) is 6.07 Å². The summed E-state index contributed by atoms with van der Waals surface area (Å²) in [5.74, 6) is -0.962. The number of nitrogens with zero attached hydrogens (tertiary/aromatic N) is 2. The summed E-state index contributed by atoms with van der Waals surface area (Å²) in [5, 5.41) is 10.5. The van der Waals surface area contributed by atoms with Gasteiger partial charge in [0.2, 0.25) is 0 Å². The minimum absolute atomic E-state index is 0.0307. The van der Waals surface area contributed by atoms with Gasteiger partial charge in [0.25, 0.3) is 0 Å². The Morgan fingerprint density at radius 2 is 2.00 bits per heavy atom. The number of nitrogens with two attached hydrogens (primary N) is 1. The third-order valence-corrected chi connectivity index (χ3v) is 7.62. The van der Waals surface area contributed by atoms with E-state index in [0.717, 1.165) is 42.0 Å². The number of carboxylic acids is 1. The number of carboxylic acid groups (broad SMARTS) is 1. The molecular formula is C21H24ClN3O3S. The number of urea groups is 1. The van der Waals surface area contributed by atoms with Gasteiger partial charge in [-0.25, -0.2) is 9.59 Å². The maximum absolute atomic E-state index is 13.0. The summed E-state index contributed by atoms with van der Waals surface area (Å²) in [6.45, 7) is 1.81. The molecule has 1 saturated carbocycles. The smallest absolute Gasteiger partial charge is 0.345 e. The summed E-state index contributed by atoms with van der Waals surface area (Å²) in [7, 11) is 0. The van der Waals surface area contributed by atoms with Gasteiger partial charge in [-0.15, -0.1) is 11.3 Å². The number of thiophene rings is 1. The topological polar surface area (TPSA) is 86.9 Å². The van der Waals surface area contributed by atoms with Crippen LogP contribution >= 0.6 is 22.9 Å². The standard InChI is InChI=1S/C21H24ClN3O3S/c22-15-3-1-2-14(12-15)21(13-23)8-6-16(7-9-21)24-10-11-25(20(24)28)18-5-4-17(29-18)19(26)27/h1-5,12,16H,6-11,13,23H2,(H,26,27). The van der Waals surface area contributed by atoms with Crippen molar-refractivity contribution in [1.29, 1.82) is 0 Å². The second-order valence-electron chi connectivity index (χ2n) is 7.80. The molecule has 1 saturated heterocycles. The van der Waals surface area contributed by atoms with Crippen LogP contribution in [-0.2, 0) is 5.41 Å². The molecule has 0 unspecified atom stereocenters. The second kappa shape index (κ2) is 7.97. The number of halogens is 1. The van der Waals surface area contributed by atoms with Crippen LogP contribution in [0.25, 0.3) is 0 Å². The van der Waals surface area contributed by atoms with Crippen molar-refractivity contribution in [3.05, 3.63) is 51.9 Å². The molecule has 1 aliphatic carbocycles. The normalized spacial score (nSPS) is 24.9. The molecule has 4 rings (SSSR count). The van der Waals surface area contributed by atoms with Crippen LogP contribution in [0.4, 0.5) is 9.80 Å². The monoisotopic (exact) mass is 433 g/mol.